The topological polar surface area (TPSA) is 95.0 Å². The van der Waals surface area contributed by atoms with Crippen LogP contribution in [-0.4, -0.2) is 39.8 Å². The molecule has 0 bridgehead atoms. The fourth-order valence-electron chi connectivity index (χ4n) is 3.57. The Hall–Kier alpha value is -1.82. The van der Waals surface area contributed by atoms with Crippen molar-refractivity contribution in [3.05, 3.63) is 23.9 Å². The number of oxime groups is 1. The number of rotatable bonds is 2. The molecule has 6 nitrogen and oxygen atoms in total. The van der Waals surface area contributed by atoms with Gasteiger partial charge in [-0.3, -0.25) is 0 Å². The van der Waals surface area contributed by atoms with Gasteiger partial charge < -0.3 is 20.9 Å². The number of amidine groups is 1. The number of aliphatic hydroxyl groups is 1. The van der Waals surface area contributed by atoms with Gasteiger partial charge >= 0.3 is 0 Å². The minimum Gasteiger partial charge on any atom is -0.409 e. The molecule has 0 radical (unpaired) electrons. The second kappa shape index (κ2) is 5.52. The molecule has 2 aliphatic rings. The summed E-state index contributed by atoms with van der Waals surface area (Å²) in [6.45, 7) is 1.61. The minimum atomic E-state index is -0.488. The number of hydrogen-bond acceptors (Lipinski definition) is 5. The number of pyridine rings is 1. The van der Waals surface area contributed by atoms with Gasteiger partial charge in [0.05, 0.1) is 5.60 Å². The van der Waals surface area contributed by atoms with E-state index >= 15 is 0 Å². The second-order valence-corrected chi connectivity index (χ2v) is 6.11. The fraction of sp³-hybridized carbons (Fsp3) is 0.600. The van der Waals surface area contributed by atoms with E-state index in [-0.39, 0.29) is 5.84 Å². The molecular weight excluding hydrogens is 268 g/mol. The monoisotopic (exact) mass is 290 g/mol. The third-order valence-corrected chi connectivity index (χ3v) is 4.86. The summed E-state index contributed by atoms with van der Waals surface area (Å²) in [5.74, 6) is 1.16. The minimum absolute atomic E-state index is 0.0167. The number of anilines is 1. The molecule has 2 unspecified atom stereocenters. The molecule has 2 atom stereocenters. The zero-order valence-electron chi connectivity index (χ0n) is 12.1. The van der Waals surface area contributed by atoms with Gasteiger partial charge in [0.15, 0.2) is 5.84 Å². The number of nitrogens with two attached hydrogens (primary N) is 1. The largest absolute Gasteiger partial charge is 0.409 e. The van der Waals surface area contributed by atoms with E-state index < -0.39 is 5.60 Å². The highest BCUT2D eigenvalue weighted by Gasteiger charge is 2.42. The SMILES string of the molecule is N/C(=N/O)c1cccc(N2CCC3(O)CCCCC3C2)n1. The van der Waals surface area contributed by atoms with Crippen LogP contribution in [-0.2, 0) is 0 Å². The molecule has 114 valence electrons. The molecule has 1 saturated heterocycles. The molecule has 3 rings (SSSR count). The molecule has 2 heterocycles. The molecule has 2 fully saturated rings. The van der Waals surface area contributed by atoms with Crippen LogP contribution in [0.1, 0.15) is 37.8 Å². The second-order valence-electron chi connectivity index (χ2n) is 6.11. The molecule has 1 saturated carbocycles. The maximum atomic E-state index is 10.7. The lowest BCUT2D eigenvalue weighted by Crippen LogP contribution is -2.53. The van der Waals surface area contributed by atoms with Crippen molar-refractivity contribution in [3.8, 4) is 0 Å². The van der Waals surface area contributed by atoms with Gasteiger partial charge in [0.1, 0.15) is 11.5 Å². The van der Waals surface area contributed by atoms with Crippen LogP contribution in [0.25, 0.3) is 0 Å². The van der Waals surface area contributed by atoms with Crippen LogP contribution in [0.2, 0.25) is 0 Å². The van der Waals surface area contributed by atoms with Crippen molar-refractivity contribution in [1.82, 2.24) is 4.98 Å². The lowest BCUT2D eigenvalue weighted by molar-refractivity contribution is -0.0613. The summed E-state index contributed by atoms with van der Waals surface area (Å²) in [7, 11) is 0. The molecule has 21 heavy (non-hydrogen) atoms. The first-order chi connectivity index (χ1) is 10.1. The van der Waals surface area contributed by atoms with Crippen LogP contribution in [0.4, 0.5) is 5.82 Å². The van der Waals surface area contributed by atoms with Crippen LogP contribution < -0.4 is 10.6 Å². The molecule has 6 heteroatoms. The van der Waals surface area contributed by atoms with Gasteiger partial charge in [-0.25, -0.2) is 4.98 Å². The fourth-order valence-corrected chi connectivity index (χ4v) is 3.57. The Balaban J connectivity index is 1.79. The van der Waals surface area contributed by atoms with Gasteiger partial charge in [0.2, 0.25) is 0 Å². The summed E-state index contributed by atoms with van der Waals surface area (Å²) < 4.78 is 0. The van der Waals surface area contributed by atoms with Crippen molar-refractivity contribution in [2.75, 3.05) is 18.0 Å². The lowest BCUT2D eigenvalue weighted by Gasteiger charge is -2.47. The molecule has 1 aliphatic carbocycles. The van der Waals surface area contributed by atoms with Gasteiger partial charge in [-0.15, -0.1) is 0 Å². The highest BCUT2D eigenvalue weighted by molar-refractivity contribution is 5.95. The predicted molar refractivity (Wildman–Crippen MR) is 80.5 cm³/mol. The van der Waals surface area contributed by atoms with E-state index in [0.717, 1.165) is 44.6 Å². The molecule has 0 spiro atoms. The standard InChI is InChI=1S/C15H22N4O2/c16-14(18-21)12-5-3-6-13(17-12)19-9-8-15(20)7-2-1-4-11(15)10-19/h3,5-6,11,20-21H,1-2,4,7-10H2,(H2,16,18). The highest BCUT2D eigenvalue weighted by Crippen LogP contribution is 2.40. The highest BCUT2D eigenvalue weighted by atomic mass is 16.4. The van der Waals surface area contributed by atoms with Crippen molar-refractivity contribution in [2.24, 2.45) is 16.8 Å². The molecular formula is C15H22N4O2. The summed E-state index contributed by atoms with van der Waals surface area (Å²) in [6.07, 6.45) is 5.10. The summed E-state index contributed by atoms with van der Waals surface area (Å²) >= 11 is 0. The Morgan fingerprint density at radius 3 is 3.05 bits per heavy atom. The van der Waals surface area contributed by atoms with Crippen LogP contribution in [0.15, 0.2) is 23.4 Å². The average Bonchev–Trinajstić information content (AvgIpc) is 2.53. The van der Waals surface area contributed by atoms with Crippen LogP contribution in [0, 0.1) is 5.92 Å². The Bertz CT molecular complexity index is 548. The molecule has 0 aromatic carbocycles. The van der Waals surface area contributed by atoms with E-state index in [1.807, 2.05) is 12.1 Å². The number of hydrogen-bond donors (Lipinski definition) is 3. The van der Waals surface area contributed by atoms with Crippen LogP contribution in [0.3, 0.4) is 0 Å². The third-order valence-electron chi connectivity index (χ3n) is 4.86. The van der Waals surface area contributed by atoms with Gasteiger partial charge in [0.25, 0.3) is 0 Å². The van der Waals surface area contributed by atoms with Gasteiger partial charge in [-0.1, -0.05) is 24.1 Å². The van der Waals surface area contributed by atoms with Crippen LogP contribution >= 0.6 is 0 Å². The zero-order chi connectivity index (χ0) is 14.9. The number of piperidine rings is 1. The summed E-state index contributed by atoms with van der Waals surface area (Å²) in [5.41, 5.74) is 5.58. The van der Waals surface area contributed by atoms with E-state index in [0.29, 0.717) is 11.6 Å². The first kappa shape index (κ1) is 14.1. The van der Waals surface area contributed by atoms with Crippen molar-refractivity contribution >= 4 is 11.7 Å². The van der Waals surface area contributed by atoms with E-state index in [1.54, 1.807) is 6.07 Å². The quantitative estimate of drug-likeness (QED) is 0.330. The first-order valence-corrected chi connectivity index (χ1v) is 7.55. The summed E-state index contributed by atoms with van der Waals surface area (Å²) in [4.78, 5) is 6.65. The van der Waals surface area contributed by atoms with Crippen molar-refractivity contribution in [2.45, 2.75) is 37.7 Å². The van der Waals surface area contributed by atoms with E-state index in [9.17, 15) is 5.11 Å². The number of aromatic nitrogens is 1. The van der Waals surface area contributed by atoms with Gasteiger partial charge in [0, 0.05) is 19.0 Å². The lowest BCUT2D eigenvalue weighted by atomic mass is 9.71. The van der Waals surface area contributed by atoms with Crippen molar-refractivity contribution in [3.63, 3.8) is 0 Å². The maximum absolute atomic E-state index is 10.7. The van der Waals surface area contributed by atoms with E-state index in [1.165, 1.54) is 6.42 Å². The van der Waals surface area contributed by atoms with Gasteiger partial charge in [-0.2, -0.15) is 0 Å². The smallest absolute Gasteiger partial charge is 0.188 e. The van der Waals surface area contributed by atoms with E-state index in [4.69, 9.17) is 10.9 Å². The number of fused-ring (bicyclic) bond motifs is 1. The number of nitrogens with zero attached hydrogens (tertiary/aromatic N) is 3. The van der Waals surface area contributed by atoms with Gasteiger partial charge in [-0.05, 0) is 31.4 Å². The Morgan fingerprint density at radius 1 is 1.38 bits per heavy atom. The summed E-state index contributed by atoms with van der Waals surface area (Å²) in [5, 5.41) is 22.5. The molecule has 0 amide bonds. The van der Waals surface area contributed by atoms with Crippen LogP contribution in [0.5, 0.6) is 0 Å². The Morgan fingerprint density at radius 2 is 2.24 bits per heavy atom. The molecule has 4 N–H and O–H groups in total. The van der Waals surface area contributed by atoms with Crippen molar-refractivity contribution in [1.29, 1.82) is 0 Å². The average molecular weight is 290 g/mol. The Kier molecular flexibility index (Phi) is 3.71. The molecule has 1 aromatic heterocycles. The third kappa shape index (κ3) is 2.68. The first-order valence-electron chi connectivity index (χ1n) is 7.55. The zero-order valence-corrected chi connectivity index (χ0v) is 12.1. The molecule has 1 aromatic rings. The van der Waals surface area contributed by atoms with Crippen molar-refractivity contribution < 1.29 is 10.3 Å². The Labute approximate surface area is 124 Å². The normalized spacial score (nSPS) is 30.0. The summed E-state index contributed by atoms with van der Waals surface area (Å²) in [6, 6.07) is 5.51. The predicted octanol–water partition coefficient (Wildman–Crippen LogP) is 1.31. The maximum Gasteiger partial charge on any atom is 0.188 e. The van der Waals surface area contributed by atoms with E-state index in [2.05, 4.69) is 15.0 Å². The molecule has 1 aliphatic heterocycles.